The van der Waals surface area contributed by atoms with Gasteiger partial charge < -0.3 is 10.4 Å². The Morgan fingerprint density at radius 1 is 1.44 bits per heavy atom. The van der Waals surface area contributed by atoms with Crippen LogP contribution in [0.2, 0.25) is 0 Å². The molecule has 90 valence electrons. The highest BCUT2D eigenvalue weighted by molar-refractivity contribution is 6.05. The van der Waals surface area contributed by atoms with Gasteiger partial charge in [0.2, 0.25) is 0 Å². The number of carboxylic acids is 1. The third-order valence-electron chi connectivity index (χ3n) is 2.34. The van der Waals surface area contributed by atoms with Gasteiger partial charge in [-0.2, -0.15) is 0 Å². The van der Waals surface area contributed by atoms with Crippen LogP contribution < -0.4 is 5.32 Å². The number of nitrogens with zero attached hydrogens (tertiary/aromatic N) is 1. The van der Waals surface area contributed by atoms with E-state index in [0.717, 1.165) is 4.90 Å². The van der Waals surface area contributed by atoms with Crippen molar-refractivity contribution in [3.05, 3.63) is 0 Å². The third-order valence-corrected chi connectivity index (χ3v) is 2.34. The number of nitrogens with one attached hydrogen (secondary N) is 1. The van der Waals surface area contributed by atoms with Crippen molar-refractivity contribution < 1.29 is 19.5 Å². The fourth-order valence-electron chi connectivity index (χ4n) is 1.63. The van der Waals surface area contributed by atoms with Gasteiger partial charge in [-0.3, -0.25) is 14.5 Å². The first-order chi connectivity index (χ1) is 7.23. The van der Waals surface area contributed by atoms with Crippen LogP contribution in [-0.2, 0) is 9.59 Å². The molecule has 0 radical (unpaired) electrons. The lowest BCUT2D eigenvalue weighted by Crippen LogP contribution is -2.46. The zero-order valence-corrected chi connectivity index (χ0v) is 9.61. The van der Waals surface area contributed by atoms with E-state index in [1.54, 1.807) is 20.8 Å². The average Bonchev–Trinajstić information content (AvgIpc) is 2.36. The molecule has 16 heavy (non-hydrogen) atoms. The maximum atomic E-state index is 11.8. The Bertz CT molecular complexity index is 332. The van der Waals surface area contributed by atoms with Crippen molar-refractivity contribution in [2.24, 2.45) is 0 Å². The number of carboxylic acid groups (broad SMARTS) is 1. The predicted molar refractivity (Wildman–Crippen MR) is 55.8 cm³/mol. The Hall–Kier alpha value is -1.59. The smallest absolute Gasteiger partial charge is 0.325 e. The molecule has 0 aliphatic carbocycles. The van der Waals surface area contributed by atoms with E-state index in [1.165, 1.54) is 0 Å². The summed E-state index contributed by atoms with van der Waals surface area (Å²) >= 11 is 0. The summed E-state index contributed by atoms with van der Waals surface area (Å²) in [5.41, 5.74) is -0.584. The van der Waals surface area contributed by atoms with Gasteiger partial charge in [0.1, 0.15) is 6.04 Å². The normalized spacial score (nSPS) is 21.2. The second kappa shape index (κ2) is 4.11. The van der Waals surface area contributed by atoms with Gasteiger partial charge in [0.25, 0.3) is 5.91 Å². The average molecular weight is 228 g/mol. The lowest BCUT2D eigenvalue weighted by atomic mass is 10.1. The molecule has 1 aliphatic heterocycles. The highest BCUT2D eigenvalue weighted by atomic mass is 16.4. The quantitative estimate of drug-likeness (QED) is 0.691. The van der Waals surface area contributed by atoms with E-state index in [9.17, 15) is 14.4 Å². The maximum absolute atomic E-state index is 11.8. The summed E-state index contributed by atoms with van der Waals surface area (Å²) in [5.74, 6) is -1.32. The van der Waals surface area contributed by atoms with E-state index in [2.05, 4.69) is 5.32 Å². The molecule has 1 aliphatic rings. The second-order valence-electron chi connectivity index (χ2n) is 4.78. The number of imide groups is 1. The van der Waals surface area contributed by atoms with Crippen molar-refractivity contribution in [1.82, 2.24) is 10.2 Å². The van der Waals surface area contributed by atoms with Crippen LogP contribution in [0.3, 0.4) is 0 Å². The van der Waals surface area contributed by atoms with E-state index in [0.29, 0.717) is 0 Å². The maximum Gasteiger partial charge on any atom is 0.325 e. The van der Waals surface area contributed by atoms with Crippen molar-refractivity contribution in [2.45, 2.75) is 45.2 Å². The fraction of sp³-hybridized carbons (Fsp3) is 0.700. The summed E-state index contributed by atoms with van der Waals surface area (Å²) in [6, 6.07) is -1.16. The summed E-state index contributed by atoms with van der Waals surface area (Å²) in [5, 5.41) is 11.0. The van der Waals surface area contributed by atoms with E-state index < -0.39 is 23.6 Å². The SMILES string of the molecule is CC(C)(C)N1C(=O)NC(CCC(=O)O)C1=O. The molecule has 1 unspecified atom stereocenters. The number of carbonyl (C=O) groups excluding carboxylic acids is 2. The lowest BCUT2D eigenvalue weighted by molar-refractivity contribution is -0.137. The summed E-state index contributed by atoms with van der Waals surface area (Å²) in [6.45, 7) is 5.26. The summed E-state index contributed by atoms with van der Waals surface area (Å²) in [6.07, 6.45) is 0.00115. The Kier molecular flexibility index (Phi) is 3.21. The van der Waals surface area contributed by atoms with Crippen molar-refractivity contribution in [2.75, 3.05) is 0 Å². The Morgan fingerprint density at radius 2 is 2.00 bits per heavy atom. The molecule has 1 heterocycles. The van der Waals surface area contributed by atoms with Crippen LogP contribution in [0.25, 0.3) is 0 Å². The monoisotopic (exact) mass is 228 g/mol. The molecule has 0 bridgehead atoms. The molecular weight excluding hydrogens is 212 g/mol. The molecule has 1 atom stereocenters. The standard InChI is InChI=1S/C10H16N2O4/c1-10(2,3)12-8(15)6(11-9(12)16)4-5-7(13)14/h6H,4-5H2,1-3H3,(H,11,16)(H,13,14). The number of aliphatic carboxylic acids is 1. The van der Waals surface area contributed by atoms with Gasteiger partial charge in [-0.1, -0.05) is 0 Å². The van der Waals surface area contributed by atoms with Crippen LogP contribution in [-0.4, -0.2) is 39.5 Å². The molecule has 0 spiro atoms. The van der Waals surface area contributed by atoms with Crippen molar-refractivity contribution in [1.29, 1.82) is 0 Å². The van der Waals surface area contributed by atoms with Crippen LogP contribution in [0.15, 0.2) is 0 Å². The Labute approximate surface area is 93.6 Å². The van der Waals surface area contributed by atoms with Crippen LogP contribution in [0.1, 0.15) is 33.6 Å². The highest BCUT2D eigenvalue weighted by Gasteiger charge is 2.43. The Morgan fingerprint density at radius 3 is 2.38 bits per heavy atom. The highest BCUT2D eigenvalue weighted by Crippen LogP contribution is 2.21. The first kappa shape index (κ1) is 12.5. The molecule has 3 amide bonds. The van der Waals surface area contributed by atoms with E-state index in [1.807, 2.05) is 0 Å². The largest absolute Gasteiger partial charge is 0.481 e. The molecule has 1 rings (SSSR count). The minimum Gasteiger partial charge on any atom is -0.481 e. The molecule has 0 aromatic heterocycles. The summed E-state index contributed by atoms with van der Waals surface area (Å²) < 4.78 is 0. The molecule has 6 nitrogen and oxygen atoms in total. The van der Waals surface area contributed by atoms with Crippen LogP contribution in [0.4, 0.5) is 4.79 Å². The molecule has 1 fully saturated rings. The van der Waals surface area contributed by atoms with Gasteiger partial charge in [0, 0.05) is 12.0 Å². The van der Waals surface area contributed by atoms with Crippen molar-refractivity contribution in [3.63, 3.8) is 0 Å². The van der Waals surface area contributed by atoms with Gasteiger partial charge in [-0.25, -0.2) is 4.79 Å². The number of hydrogen-bond acceptors (Lipinski definition) is 3. The summed E-state index contributed by atoms with van der Waals surface area (Å²) in [4.78, 5) is 34.9. The fourth-order valence-corrected chi connectivity index (χ4v) is 1.63. The minimum atomic E-state index is -0.976. The van der Waals surface area contributed by atoms with Gasteiger partial charge in [-0.05, 0) is 27.2 Å². The summed E-state index contributed by atoms with van der Waals surface area (Å²) in [7, 11) is 0. The number of urea groups is 1. The van der Waals surface area contributed by atoms with E-state index in [-0.39, 0.29) is 18.7 Å². The third kappa shape index (κ3) is 2.50. The zero-order valence-electron chi connectivity index (χ0n) is 9.61. The Balaban J connectivity index is 2.71. The minimum absolute atomic E-state index is 0.130. The van der Waals surface area contributed by atoms with Crippen molar-refractivity contribution in [3.8, 4) is 0 Å². The van der Waals surface area contributed by atoms with E-state index in [4.69, 9.17) is 5.11 Å². The molecule has 6 heteroatoms. The predicted octanol–water partition coefficient (Wildman–Crippen LogP) is 0.570. The van der Waals surface area contributed by atoms with Gasteiger partial charge in [0.05, 0.1) is 0 Å². The number of hydrogen-bond donors (Lipinski definition) is 2. The number of rotatable bonds is 3. The molecular formula is C10H16N2O4. The first-order valence-electron chi connectivity index (χ1n) is 5.10. The molecule has 0 aromatic carbocycles. The number of carbonyl (C=O) groups is 3. The van der Waals surface area contributed by atoms with Crippen LogP contribution in [0, 0.1) is 0 Å². The van der Waals surface area contributed by atoms with Gasteiger partial charge >= 0.3 is 12.0 Å². The first-order valence-corrected chi connectivity index (χ1v) is 5.10. The molecule has 1 saturated heterocycles. The van der Waals surface area contributed by atoms with Crippen LogP contribution >= 0.6 is 0 Å². The number of amides is 3. The van der Waals surface area contributed by atoms with E-state index >= 15 is 0 Å². The molecule has 0 saturated carbocycles. The lowest BCUT2D eigenvalue weighted by Gasteiger charge is -2.28. The van der Waals surface area contributed by atoms with Crippen LogP contribution in [0.5, 0.6) is 0 Å². The van der Waals surface area contributed by atoms with Crippen molar-refractivity contribution >= 4 is 17.9 Å². The molecule has 2 N–H and O–H groups in total. The molecule has 0 aromatic rings. The van der Waals surface area contributed by atoms with Gasteiger partial charge in [-0.15, -0.1) is 0 Å². The zero-order chi connectivity index (χ0) is 12.5. The second-order valence-corrected chi connectivity index (χ2v) is 4.78. The topological polar surface area (TPSA) is 86.7 Å². The van der Waals surface area contributed by atoms with Gasteiger partial charge in [0.15, 0.2) is 0 Å².